The van der Waals surface area contributed by atoms with Gasteiger partial charge in [0, 0.05) is 28.9 Å². The first-order chi connectivity index (χ1) is 19.3. The van der Waals surface area contributed by atoms with Crippen molar-refractivity contribution in [1.29, 1.82) is 0 Å². The van der Waals surface area contributed by atoms with Crippen molar-refractivity contribution in [3.63, 3.8) is 0 Å². The lowest BCUT2D eigenvalue weighted by molar-refractivity contribution is -0.141. The fraction of sp³-hybridized carbons (Fsp3) is 0.212. The fourth-order valence-electron chi connectivity index (χ4n) is 4.51. The number of amides is 2. The number of carbonyl (C=O) groups is 3. The molecule has 40 heavy (non-hydrogen) atoms. The van der Waals surface area contributed by atoms with Crippen molar-refractivity contribution in [2.24, 2.45) is 5.92 Å². The topological polar surface area (TPSA) is 108 Å². The molecule has 1 heterocycles. The number of carbonyl (C=O) groups excluding carboxylic acids is 2. The molecule has 0 aliphatic rings. The van der Waals surface area contributed by atoms with Gasteiger partial charge < -0.3 is 10.4 Å². The highest BCUT2D eigenvalue weighted by molar-refractivity contribution is 5.99. The third-order valence-electron chi connectivity index (χ3n) is 6.87. The average molecular weight is 536 g/mol. The Bertz CT molecular complexity index is 1470. The zero-order valence-electron chi connectivity index (χ0n) is 22.7. The largest absolute Gasteiger partial charge is 0.481 e. The van der Waals surface area contributed by atoms with Gasteiger partial charge in [-0.25, -0.2) is 9.78 Å². The van der Waals surface area contributed by atoms with E-state index in [0.717, 1.165) is 28.8 Å². The summed E-state index contributed by atoms with van der Waals surface area (Å²) < 4.78 is 0. The van der Waals surface area contributed by atoms with E-state index in [2.05, 4.69) is 22.5 Å². The Labute approximate surface area is 234 Å². The molecule has 4 rings (SSSR count). The summed E-state index contributed by atoms with van der Waals surface area (Å²) in [4.78, 5) is 41.6. The smallest absolute Gasteiger partial charge is 0.324 e. The number of hydrogen-bond donors (Lipinski definition) is 3. The van der Waals surface area contributed by atoms with Gasteiger partial charge in [-0.3, -0.25) is 14.9 Å². The van der Waals surface area contributed by atoms with Gasteiger partial charge in [0.1, 0.15) is 5.82 Å². The Kier molecular flexibility index (Phi) is 9.41. The number of nitrogens with one attached hydrogen (secondary N) is 2. The lowest BCUT2D eigenvalue weighted by atomic mass is 9.92. The molecule has 0 saturated heterocycles. The molecule has 0 fully saturated rings. The molecule has 0 spiro atoms. The number of aryl methyl sites for hydroxylation is 3. The van der Waals surface area contributed by atoms with Crippen LogP contribution in [0.5, 0.6) is 0 Å². The number of hydrogen-bond acceptors (Lipinski definition) is 4. The molecule has 2 amide bonds. The van der Waals surface area contributed by atoms with E-state index in [4.69, 9.17) is 0 Å². The molecule has 1 unspecified atom stereocenters. The van der Waals surface area contributed by atoms with E-state index >= 15 is 0 Å². The highest BCUT2D eigenvalue weighted by atomic mass is 16.4. The first kappa shape index (κ1) is 28.2. The van der Waals surface area contributed by atoms with Gasteiger partial charge >= 0.3 is 12.0 Å². The van der Waals surface area contributed by atoms with Gasteiger partial charge in [0.15, 0.2) is 5.78 Å². The second kappa shape index (κ2) is 13.3. The van der Waals surface area contributed by atoms with Crippen LogP contribution in [0.2, 0.25) is 0 Å². The molecule has 3 N–H and O–H groups in total. The van der Waals surface area contributed by atoms with E-state index in [0.29, 0.717) is 29.9 Å². The van der Waals surface area contributed by atoms with Crippen molar-refractivity contribution in [3.05, 3.63) is 113 Å². The number of Topliss-reactive ketones (excluding diaryl/α,β-unsaturated/α-hetero) is 1. The van der Waals surface area contributed by atoms with E-state index < -0.39 is 11.9 Å². The van der Waals surface area contributed by atoms with Crippen LogP contribution in [0.3, 0.4) is 0 Å². The predicted octanol–water partition coefficient (Wildman–Crippen LogP) is 7.17. The zero-order chi connectivity index (χ0) is 28.5. The molecule has 0 saturated carbocycles. The monoisotopic (exact) mass is 535 g/mol. The normalized spacial score (nSPS) is 11.4. The predicted molar refractivity (Wildman–Crippen MR) is 158 cm³/mol. The van der Waals surface area contributed by atoms with E-state index in [1.807, 2.05) is 79.7 Å². The number of urea groups is 1. The number of benzene rings is 3. The summed E-state index contributed by atoms with van der Waals surface area (Å²) in [5.41, 5.74) is 5.87. The minimum atomic E-state index is -0.959. The van der Waals surface area contributed by atoms with Crippen molar-refractivity contribution >= 4 is 29.3 Å². The summed E-state index contributed by atoms with van der Waals surface area (Å²) in [6, 6.07) is 27.7. The van der Waals surface area contributed by atoms with Gasteiger partial charge in [0.05, 0.1) is 5.92 Å². The first-order valence-corrected chi connectivity index (χ1v) is 13.4. The van der Waals surface area contributed by atoms with Crippen molar-refractivity contribution in [3.8, 4) is 11.1 Å². The van der Waals surface area contributed by atoms with Crippen LogP contribution in [0.1, 0.15) is 46.9 Å². The van der Waals surface area contributed by atoms with Crippen LogP contribution < -0.4 is 10.6 Å². The van der Waals surface area contributed by atoms with Gasteiger partial charge in [-0.15, -0.1) is 0 Å². The van der Waals surface area contributed by atoms with Crippen LogP contribution in [0, 0.1) is 12.8 Å². The van der Waals surface area contributed by atoms with E-state index in [-0.39, 0.29) is 18.2 Å². The highest BCUT2D eigenvalue weighted by Crippen LogP contribution is 2.25. The maximum Gasteiger partial charge on any atom is 0.324 e. The lowest BCUT2D eigenvalue weighted by Gasteiger charge is -2.13. The Morgan fingerprint density at radius 3 is 2.15 bits per heavy atom. The number of nitrogens with zero attached hydrogens (tertiary/aromatic N) is 1. The van der Waals surface area contributed by atoms with Crippen LogP contribution in [-0.4, -0.2) is 27.9 Å². The quantitative estimate of drug-likeness (QED) is 0.176. The summed E-state index contributed by atoms with van der Waals surface area (Å²) in [7, 11) is 0. The van der Waals surface area contributed by atoms with Gasteiger partial charge in [-0.1, -0.05) is 73.7 Å². The minimum absolute atomic E-state index is 0.0483. The minimum Gasteiger partial charge on any atom is -0.481 e. The molecule has 204 valence electrons. The Morgan fingerprint density at radius 2 is 1.52 bits per heavy atom. The number of carboxylic acids is 1. The number of aromatic nitrogens is 1. The van der Waals surface area contributed by atoms with Crippen LogP contribution in [0.25, 0.3) is 11.1 Å². The third-order valence-corrected chi connectivity index (χ3v) is 6.87. The number of aliphatic carboxylic acids is 1. The zero-order valence-corrected chi connectivity index (χ0v) is 22.7. The summed E-state index contributed by atoms with van der Waals surface area (Å²) >= 11 is 0. The molecule has 0 aliphatic carbocycles. The van der Waals surface area contributed by atoms with Gasteiger partial charge in [0.25, 0.3) is 0 Å². The molecule has 1 aromatic heterocycles. The lowest BCUT2D eigenvalue weighted by Crippen LogP contribution is -2.20. The van der Waals surface area contributed by atoms with Gasteiger partial charge in [-0.05, 0) is 67.1 Å². The van der Waals surface area contributed by atoms with E-state index in [1.54, 1.807) is 18.2 Å². The third kappa shape index (κ3) is 7.63. The molecule has 7 heteroatoms. The van der Waals surface area contributed by atoms with E-state index in [9.17, 15) is 19.5 Å². The van der Waals surface area contributed by atoms with Crippen molar-refractivity contribution in [2.45, 2.75) is 39.5 Å². The Balaban J connectivity index is 1.36. The summed E-state index contributed by atoms with van der Waals surface area (Å²) in [6.45, 7) is 3.93. The molecule has 4 aromatic rings. The van der Waals surface area contributed by atoms with Crippen LogP contribution in [0.4, 0.5) is 16.3 Å². The average Bonchev–Trinajstić information content (AvgIpc) is 2.96. The van der Waals surface area contributed by atoms with E-state index in [1.165, 1.54) is 5.56 Å². The number of ketones is 1. The van der Waals surface area contributed by atoms with Crippen LogP contribution >= 0.6 is 0 Å². The highest BCUT2D eigenvalue weighted by Gasteiger charge is 2.22. The second-order valence-corrected chi connectivity index (χ2v) is 9.72. The molecule has 0 aliphatic heterocycles. The maximum absolute atomic E-state index is 12.9. The van der Waals surface area contributed by atoms with Crippen molar-refractivity contribution < 1.29 is 19.5 Å². The molecular formula is C33H33N3O4. The number of carboxylic acid groups (broad SMARTS) is 1. The first-order valence-electron chi connectivity index (χ1n) is 13.4. The SMILES string of the molecule is CCc1ccc(NC(=O)Nc2ccc(-c3ccc(C(=O)CC(CCc4ccccc4)C(=O)O)cc3)c(C)n2)cc1. The molecule has 3 aromatic carbocycles. The number of anilines is 2. The molecule has 0 bridgehead atoms. The molecule has 7 nitrogen and oxygen atoms in total. The Morgan fingerprint density at radius 1 is 0.825 bits per heavy atom. The molecule has 1 atom stereocenters. The van der Waals surface area contributed by atoms with Crippen molar-refractivity contribution in [1.82, 2.24) is 4.98 Å². The standard InChI is InChI=1S/C33H33N3O4/c1-3-23-10-17-28(18-11-23)35-33(40)36-31-20-19-29(22(2)34-31)25-13-15-26(16-14-25)30(37)21-27(32(38)39)12-9-24-7-5-4-6-8-24/h4-8,10-11,13-20,27H,3,9,12,21H2,1-2H3,(H,38,39)(H2,34,35,36,40). The number of pyridine rings is 1. The summed E-state index contributed by atoms with van der Waals surface area (Å²) in [5.74, 6) is -1.48. The fourth-order valence-corrected chi connectivity index (χ4v) is 4.51. The Hall–Kier alpha value is -4.78. The molecular weight excluding hydrogens is 502 g/mol. The van der Waals surface area contributed by atoms with Crippen molar-refractivity contribution in [2.75, 3.05) is 10.6 Å². The maximum atomic E-state index is 12.9. The summed E-state index contributed by atoms with van der Waals surface area (Å²) in [6.07, 6.45) is 1.89. The van der Waals surface area contributed by atoms with Gasteiger partial charge in [-0.2, -0.15) is 0 Å². The summed E-state index contributed by atoms with van der Waals surface area (Å²) in [5, 5.41) is 15.2. The van der Waals surface area contributed by atoms with Gasteiger partial charge in [0.2, 0.25) is 0 Å². The van der Waals surface area contributed by atoms with Crippen LogP contribution in [-0.2, 0) is 17.6 Å². The number of rotatable bonds is 11. The van der Waals surface area contributed by atoms with Crippen LogP contribution in [0.15, 0.2) is 91.0 Å². The molecule has 0 radical (unpaired) electrons. The second-order valence-electron chi connectivity index (χ2n) is 9.72.